The van der Waals surface area contributed by atoms with Crippen LogP contribution in [0.1, 0.15) is 26.3 Å². The van der Waals surface area contributed by atoms with Crippen molar-refractivity contribution in [3.05, 3.63) is 23.9 Å². The van der Waals surface area contributed by atoms with E-state index in [1.165, 1.54) is 0 Å². The summed E-state index contributed by atoms with van der Waals surface area (Å²) in [5.41, 5.74) is 1.78. The predicted octanol–water partition coefficient (Wildman–Crippen LogP) is 3.19. The van der Waals surface area contributed by atoms with Crippen molar-refractivity contribution in [2.75, 3.05) is 23.8 Å². The maximum atomic E-state index is 11.2. The van der Waals surface area contributed by atoms with E-state index in [9.17, 15) is 4.79 Å². The normalized spacial score (nSPS) is 11.1. The highest BCUT2D eigenvalue weighted by Crippen LogP contribution is 2.31. The van der Waals surface area contributed by atoms with Crippen molar-refractivity contribution < 1.29 is 19.4 Å². The summed E-state index contributed by atoms with van der Waals surface area (Å²) in [6.07, 6.45) is 0.215. The molecule has 0 saturated heterocycles. The summed E-state index contributed by atoms with van der Waals surface area (Å²) in [7, 11) is 0. The molecule has 0 aliphatic carbocycles. The van der Waals surface area contributed by atoms with Crippen LogP contribution in [-0.2, 0) is 11.3 Å². The van der Waals surface area contributed by atoms with Gasteiger partial charge in [-0.05, 0) is 45.4 Å². The maximum Gasteiger partial charge on any atom is 0.512 e. The lowest BCUT2D eigenvalue weighted by atomic mass is 10.3. The van der Waals surface area contributed by atoms with E-state index in [1.807, 2.05) is 39.8 Å². The third-order valence-electron chi connectivity index (χ3n) is 3.97. The number of aromatic nitrogens is 5. The Kier molecular flexibility index (Phi) is 6.62. The highest BCUT2D eigenvalue weighted by Gasteiger charge is 2.22. The molecule has 0 amide bonds. The van der Waals surface area contributed by atoms with Gasteiger partial charge >= 0.3 is 6.16 Å². The molecule has 11 nitrogen and oxygen atoms in total. The summed E-state index contributed by atoms with van der Waals surface area (Å²) in [4.78, 5) is 24.5. The van der Waals surface area contributed by atoms with Crippen LogP contribution in [0.2, 0.25) is 0 Å². The van der Waals surface area contributed by atoms with Gasteiger partial charge < -0.3 is 25.2 Å². The van der Waals surface area contributed by atoms with E-state index < -0.39 is 6.16 Å². The Morgan fingerprint density at radius 1 is 1.33 bits per heavy atom. The SMILES string of the molecule is CCOCCn1nc(OC(=O)O)c2nc(NC(C)C)nc(Nc3cc(C)ccn3)c21. The fourth-order valence-electron chi connectivity index (χ4n) is 2.80. The average Bonchev–Trinajstić information content (AvgIpc) is 2.98. The van der Waals surface area contributed by atoms with Gasteiger partial charge in [-0.2, -0.15) is 4.98 Å². The molecule has 0 aliphatic rings. The van der Waals surface area contributed by atoms with Crippen molar-refractivity contribution in [3.8, 4) is 5.88 Å². The minimum atomic E-state index is -1.47. The van der Waals surface area contributed by atoms with E-state index in [-0.39, 0.29) is 17.4 Å². The third kappa shape index (κ3) is 5.11. The monoisotopic (exact) mass is 415 g/mol. The Balaban J connectivity index is 2.15. The lowest BCUT2D eigenvalue weighted by molar-refractivity contribution is 0.134. The molecule has 11 heteroatoms. The smallest absolute Gasteiger partial charge is 0.449 e. The molecule has 30 heavy (non-hydrogen) atoms. The first kappa shape index (κ1) is 21.2. The summed E-state index contributed by atoms with van der Waals surface area (Å²) >= 11 is 0. The Labute approximate surface area is 173 Å². The molecule has 160 valence electrons. The van der Waals surface area contributed by atoms with Gasteiger partial charge in [0.15, 0.2) is 11.3 Å². The van der Waals surface area contributed by atoms with E-state index in [2.05, 4.69) is 30.7 Å². The number of ether oxygens (including phenoxy) is 2. The van der Waals surface area contributed by atoms with E-state index in [4.69, 9.17) is 14.6 Å². The standard InChI is InChI=1S/C19H25N7O4/c1-5-29-9-8-26-15-14(17(25-26)30-19(27)28)23-18(21-11(2)3)24-16(15)22-13-10-12(4)6-7-20-13/h6-7,10-11H,5,8-9H2,1-4H3,(H,27,28)(H2,20,21,22,23,24). The molecule has 3 rings (SSSR count). The highest BCUT2D eigenvalue weighted by atomic mass is 16.7. The van der Waals surface area contributed by atoms with E-state index >= 15 is 0 Å². The van der Waals surface area contributed by atoms with Crippen molar-refractivity contribution in [1.29, 1.82) is 0 Å². The number of aryl methyl sites for hydroxylation is 1. The van der Waals surface area contributed by atoms with Gasteiger partial charge in [0, 0.05) is 18.8 Å². The zero-order valence-electron chi connectivity index (χ0n) is 17.3. The molecule has 0 atom stereocenters. The van der Waals surface area contributed by atoms with Crippen LogP contribution < -0.4 is 15.4 Å². The van der Waals surface area contributed by atoms with Crippen LogP contribution in [-0.4, -0.2) is 55.2 Å². The van der Waals surface area contributed by atoms with Gasteiger partial charge in [-0.3, -0.25) is 4.68 Å². The number of pyridine rings is 1. The summed E-state index contributed by atoms with van der Waals surface area (Å²) in [5, 5.41) is 19.7. The zero-order valence-corrected chi connectivity index (χ0v) is 17.3. The molecule has 3 heterocycles. The predicted molar refractivity (Wildman–Crippen MR) is 111 cm³/mol. The Morgan fingerprint density at radius 2 is 2.13 bits per heavy atom. The molecule has 3 N–H and O–H groups in total. The molecule has 3 aromatic rings. The van der Waals surface area contributed by atoms with E-state index in [0.29, 0.717) is 42.9 Å². The number of carboxylic acid groups (broad SMARTS) is 1. The van der Waals surface area contributed by atoms with Crippen LogP contribution in [0.3, 0.4) is 0 Å². The molecular weight excluding hydrogens is 390 g/mol. The van der Waals surface area contributed by atoms with Crippen LogP contribution in [0, 0.1) is 6.92 Å². The average molecular weight is 415 g/mol. The third-order valence-corrected chi connectivity index (χ3v) is 3.97. The van der Waals surface area contributed by atoms with Gasteiger partial charge in [0.25, 0.3) is 5.88 Å². The van der Waals surface area contributed by atoms with Crippen LogP contribution in [0.15, 0.2) is 18.3 Å². The molecule has 0 fully saturated rings. The number of anilines is 3. The highest BCUT2D eigenvalue weighted by molar-refractivity contribution is 5.92. The summed E-state index contributed by atoms with van der Waals surface area (Å²) < 4.78 is 11.9. The summed E-state index contributed by atoms with van der Waals surface area (Å²) in [6.45, 7) is 9.04. The van der Waals surface area contributed by atoms with Crippen LogP contribution in [0.4, 0.5) is 22.4 Å². The molecule has 0 bridgehead atoms. The van der Waals surface area contributed by atoms with Crippen LogP contribution in [0.5, 0.6) is 5.88 Å². The Morgan fingerprint density at radius 3 is 2.80 bits per heavy atom. The van der Waals surface area contributed by atoms with Gasteiger partial charge in [-0.25, -0.2) is 14.8 Å². The molecule has 3 aromatic heterocycles. The fraction of sp³-hybridized carbons (Fsp3) is 0.421. The van der Waals surface area contributed by atoms with Gasteiger partial charge in [0.05, 0.1) is 13.2 Å². The van der Waals surface area contributed by atoms with E-state index in [1.54, 1.807) is 10.9 Å². The summed E-state index contributed by atoms with van der Waals surface area (Å²) in [5.74, 6) is 1.20. The van der Waals surface area contributed by atoms with Crippen molar-refractivity contribution in [1.82, 2.24) is 24.7 Å². The zero-order chi connectivity index (χ0) is 21.7. The van der Waals surface area contributed by atoms with Crippen LogP contribution in [0.25, 0.3) is 11.0 Å². The number of fused-ring (bicyclic) bond motifs is 1. The first-order chi connectivity index (χ1) is 14.4. The number of nitrogens with one attached hydrogen (secondary N) is 2. The number of nitrogens with zero attached hydrogens (tertiary/aromatic N) is 5. The lowest BCUT2D eigenvalue weighted by Gasteiger charge is -2.13. The Hall–Kier alpha value is -3.47. The van der Waals surface area contributed by atoms with Gasteiger partial charge in [-0.1, -0.05) is 0 Å². The fourth-order valence-corrected chi connectivity index (χ4v) is 2.80. The second kappa shape index (κ2) is 9.35. The van der Waals surface area contributed by atoms with Crippen molar-refractivity contribution >= 4 is 34.8 Å². The van der Waals surface area contributed by atoms with Gasteiger partial charge in [-0.15, -0.1) is 5.10 Å². The molecule has 0 radical (unpaired) electrons. The van der Waals surface area contributed by atoms with Crippen molar-refractivity contribution in [2.24, 2.45) is 0 Å². The first-order valence-corrected chi connectivity index (χ1v) is 9.60. The number of hydrogen-bond acceptors (Lipinski definition) is 9. The molecular formula is C19H25N7O4. The van der Waals surface area contributed by atoms with Crippen molar-refractivity contribution in [3.63, 3.8) is 0 Å². The largest absolute Gasteiger partial charge is 0.512 e. The summed E-state index contributed by atoms with van der Waals surface area (Å²) in [6, 6.07) is 3.82. The Bertz CT molecular complexity index is 1040. The molecule has 0 aromatic carbocycles. The lowest BCUT2D eigenvalue weighted by Crippen LogP contribution is -2.14. The van der Waals surface area contributed by atoms with Gasteiger partial charge in [0.2, 0.25) is 5.95 Å². The quantitative estimate of drug-likeness (QED) is 0.353. The molecule has 0 unspecified atom stereocenters. The second-order valence-corrected chi connectivity index (χ2v) is 6.83. The minimum absolute atomic E-state index is 0.0595. The molecule has 0 saturated carbocycles. The number of rotatable bonds is 9. The van der Waals surface area contributed by atoms with Gasteiger partial charge in [0.1, 0.15) is 11.3 Å². The molecule has 0 spiro atoms. The topological polar surface area (TPSA) is 136 Å². The number of hydrogen-bond donors (Lipinski definition) is 3. The first-order valence-electron chi connectivity index (χ1n) is 9.60. The van der Waals surface area contributed by atoms with Crippen LogP contribution >= 0.6 is 0 Å². The number of carbonyl (C=O) groups is 1. The van der Waals surface area contributed by atoms with Crippen molar-refractivity contribution in [2.45, 2.75) is 40.3 Å². The maximum absolute atomic E-state index is 11.2. The minimum Gasteiger partial charge on any atom is -0.449 e. The second-order valence-electron chi connectivity index (χ2n) is 6.83. The molecule has 0 aliphatic heterocycles. The van der Waals surface area contributed by atoms with E-state index in [0.717, 1.165) is 5.56 Å².